The first kappa shape index (κ1) is 14.4. The number of nitrogens with one attached hydrogen (secondary N) is 2. The zero-order valence-corrected chi connectivity index (χ0v) is 11.7. The molecule has 1 heterocycles. The highest BCUT2D eigenvalue weighted by Gasteiger charge is 2.26. The Balaban J connectivity index is 2.11. The zero-order chi connectivity index (χ0) is 13.9. The number of benzene rings is 1. The van der Waals surface area contributed by atoms with E-state index in [4.69, 9.17) is 0 Å². The molecule has 1 aromatic rings. The Morgan fingerprint density at radius 1 is 1.32 bits per heavy atom. The lowest BCUT2D eigenvalue weighted by Crippen LogP contribution is -2.42. The number of rotatable bonds is 4. The molecule has 1 fully saturated rings. The van der Waals surface area contributed by atoms with Gasteiger partial charge in [-0.25, -0.2) is 17.5 Å². The third kappa shape index (κ3) is 3.52. The highest BCUT2D eigenvalue weighted by molar-refractivity contribution is 7.89. The van der Waals surface area contributed by atoms with Crippen LogP contribution >= 0.6 is 0 Å². The maximum absolute atomic E-state index is 13.5. The molecule has 2 rings (SSSR count). The molecule has 0 aliphatic carbocycles. The normalized spacial score (nSPS) is 19.3. The molecule has 6 heteroatoms. The monoisotopic (exact) mass is 286 g/mol. The predicted octanol–water partition coefficient (Wildman–Crippen LogP) is 1.49. The van der Waals surface area contributed by atoms with Crippen molar-refractivity contribution in [3.05, 3.63) is 30.1 Å². The first-order valence-corrected chi connectivity index (χ1v) is 7.96. The largest absolute Gasteiger partial charge is 0.317 e. The van der Waals surface area contributed by atoms with Gasteiger partial charge in [-0.2, -0.15) is 0 Å². The van der Waals surface area contributed by atoms with Gasteiger partial charge >= 0.3 is 0 Å². The third-order valence-electron chi connectivity index (χ3n) is 3.56. The van der Waals surface area contributed by atoms with Crippen LogP contribution in [0.1, 0.15) is 19.8 Å². The van der Waals surface area contributed by atoms with E-state index < -0.39 is 15.8 Å². The van der Waals surface area contributed by atoms with Crippen LogP contribution in [-0.4, -0.2) is 27.5 Å². The molecule has 1 aliphatic heterocycles. The number of hydrogen-bond acceptors (Lipinski definition) is 3. The van der Waals surface area contributed by atoms with E-state index in [9.17, 15) is 12.8 Å². The highest BCUT2D eigenvalue weighted by Crippen LogP contribution is 2.19. The van der Waals surface area contributed by atoms with E-state index in [0.717, 1.165) is 32.0 Å². The van der Waals surface area contributed by atoms with E-state index >= 15 is 0 Å². The smallest absolute Gasteiger partial charge is 0.243 e. The van der Waals surface area contributed by atoms with Crippen LogP contribution in [-0.2, 0) is 10.0 Å². The minimum Gasteiger partial charge on any atom is -0.317 e. The fourth-order valence-corrected chi connectivity index (χ4v) is 3.80. The van der Waals surface area contributed by atoms with E-state index in [1.54, 1.807) is 0 Å². The molecular formula is C13H19FN2O2S. The van der Waals surface area contributed by atoms with Gasteiger partial charge in [-0.1, -0.05) is 12.1 Å². The molecular weight excluding hydrogens is 267 g/mol. The summed E-state index contributed by atoms with van der Waals surface area (Å²) >= 11 is 0. The first-order chi connectivity index (χ1) is 9.00. The molecule has 0 amide bonds. The minimum atomic E-state index is -3.78. The van der Waals surface area contributed by atoms with Gasteiger partial charge in [0, 0.05) is 6.04 Å². The van der Waals surface area contributed by atoms with Gasteiger partial charge in [0.2, 0.25) is 10.0 Å². The molecule has 19 heavy (non-hydrogen) atoms. The summed E-state index contributed by atoms with van der Waals surface area (Å²) in [4.78, 5) is -0.282. The van der Waals surface area contributed by atoms with E-state index in [-0.39, 0.29) is 10.9 Å². The van der Waals surface area contributed by atoms with Crippen molar-refractivity contribution in [2.24, 2.45) is 5.92 Å². The standard InChI is InChI=1S/C13H19FN2O2S/c1-10(11-6-8-15-9-7-11)16-19(17,18)13-5-3-2-4-12(13)14/h2-5,10-11,15-16H,6-9H2,1H3. The Labute approximate surface area is 113 Å². The Morgan fingerprint density at radius 3 is 2.58 bits per heavy atom. The van der Waals surface area contributed by atoms with Crippen LogP contribution in [0.25, 0.3) is 0 Å². The quantitative estimate of drug-likeness (QED) is 0.881. The number of hydrogen-bond donors (Lipinski definition) is 2. The van der Waals surface area contributed by atoms with Gasteiger partial charge in [-0.05, 0) is 50.9 Å². The molecule has 0 bridgehead atoms. The lowest BCUT2D eigenvalue weighted by molar-refractivity contribution is 0.316. The van der Waals surface area contributed by atoms with Crippen molar-refractivity contribution in [1.29, 1.82) is 0 Å². The van der Waals surface area contributed by atoms with Gasteiger partial charge in [0.05, 0.1) is 0 Å². The summed E-state index contributed by atoms with van der Waals surface area (Å²) < 4.78 is 40.4. The van der Waals surface area contributed by atoms with Gasteiger partial charge in [0.1, 0.15) is 10.7 Å². The molecule has 2 N–H and O–H groups in total. The Morgan fingerprint density at radius 2 is 1.95 bits per heavy atom. The van der Waals surface area contributed by atoms with Crippen LogP contribution in [0.5, 0.6) is 0 Å². The van der Waals surface area contributed by atoms with Crippen LogP contribution in [0.4, 0.5) is 4.39 Å². The Kier molecular flexibility index (Phi) is 4.54. The summed E-state index contributed by atoms with van der Waals surface area (Å²) in [5, 5.41) is 3.24. The fraction of sp³-hybridized carbons (Fsp3) is 0.538. The zero-order valence-electron chi connectivity index (χ0n) is 10.9. The van der Waals surface area contributed by atoms with Crippen LogP contribution in [0.2, 0.25) is 0 Å². The highest BCUT2D eigenvalue weighted by atomic mass is 32.2. The van der Waals surface area contributed by atoms with Gasteiger partial charge in [-0.3, -0.25) is 0 Å². The van der Waals surface area contributed by atoms with Crippen molar-refractivity contribution < 1.29 is 12.8 Å². The topological polar surface area (TPSA) is 58.2 Å². The molecule has 1 aromatic carbocycles. The second kappa shape index (κ2) is 5.98. The number of piperidine rings is 1. The van der Waals surface area contributed by atoms with Crippen molar-refractivity contribution in [2.75, 3.05) is 13.1 Å². The third-order valence-corrected chi connectivity index (χ3v) is 5.15. The lowest BCUT2D eigenvalue weighted by atomic mass is 9.92. The van der Waals surface area contributed by atoms with Crippen LogP contribution < -0.4 is 10.0 Å². The first-order valence-electron chi connectivity index (χ1n) is 6.48. The molecule has 1 atom stereocenters. The number of sulfonamides is 1. The van der Waals surface area contributed by atoms with Crippen molar-refractivity contribution >= 4 is 10.0 Å². The molecule has 106 valence electrons. The Bertz CT molecular complexity index is 527. The molecule has 0 aromatic heterocycles. The maximum atomic E-state index is 13.5. The second-order valence-corrected chi connectivity index (χ2v) is 6.61. The molecule has 1 aliphatic rings. The van der Waals surface area contributed by atoms with E-state index in [0.29, 0.717) is 5.92 Å². The SMILES string of the molecule is CC(NS(=O)(=O)c1ccccc1F)C1CCNCC1. The second-order valence-electron chi connectivity index (χ2n) is 4.93. The van der Waals surface area contributed by atoms with E-state index in [1.807, 2.05) is 6.92 Å². The molecule has 4 nitrogen and oxygen atoms in total. The fourth-order valence-electron chi connectivity index (χ4n) is 2.41. The molecule has 1 unspecified atom stereocenters. The molecule has 0 radical (unpaired) electrons. The summed E-state index contributed by atoms with van der Waals surface area (Å²) in [6.07, 6.45) is 1.86. The van der Waals surface area contributed by atoms with Crippen molar-refractivity contribution in [2.45, 2.75) is 30.7 Å². The predicted molar refractivity (Wildman–Crippen MR) is 71.8 cm³/mol. The maximum Gasteiger partial charge on any atom is 0.243 e. The summed E-state index contributed by atoms with van der Waals surface area (Å²) in [6.45, 7) is 3.64. The molecule has 0 saturated carbocycles. The van der Waals surface area contributed by atoms with Crippen LogP contribution in [0.3, 0.4) is 0 Å². The summed E-state index contributed by atoms with van der Waals surface area (Å²) in [7, 11) is -3.78. The summed E-state index contributed by atoms with van der Waals surface area (Å²) in [5.41, 5.74) is 0. The van der Waals surface area contributed by atoms with E-state index in [2.05, 4.69) is 10.0 Å². The Hall–Kier alpha value is -0.980. The van der Waals surface area contributed by atoms with Crippen LogP contribution in [0, 0.1) is 11.7 Å². The van der Waals surface area contributed by atoms with Gasteiger partial charge in [0.15, 0.2) is 0 Å². The average molecular weight is 286 g/mol. The van der Waals surface area contributed by atoms with Gasteiger partial charge in [0.25, 0.3) is 0 Å². The van der Waals surface area contributed by atoms with Crippen molar-refractivity contribution in [3.8, 4) is 0 Å². The summed E-state index contributed by atoms with van der Waals surface area (Å²) in [6, 6.07) is 5.25. The average Bonchev–Trinajstić information content (AvgIpc) is 2.39. The molecule has 1 saturated heterocycles. The molecule has 0 spiro atoms. The van der Waals surface area contributed by atoms with E-state index in [1.165, 1.54) is 18.2 Å². The lowest BCUT2D eigenvalue weighted by Gasteiger charge is -2.28. The van der Waals surface area contributed by atoms with Crippen molar-refractivity contribution in [3.63, 3.8) is 0 Å². The van der Waals surface area contributed by atoms with Gasteiger partial charge in [-0.15, -0.1) is 0 Å². The van der Waals surface area contributed by atoms with Crippen LogP contribution in [0.15, 0.2) is 29.2 Å². The van der Waals surface area contributed by atoms with Crippen molar-refractivity contribution in [1.82, 2.24) is 10.0 Å². The summed E-state index contributed by atoms with van der Waals surface area (Å²) in [5.74, 6) is -0.421. The van der Waals surface area contributed by atoms with Gasteiger partial charge < -0.3 is 5.32 Å². The number of halogens is 1. The minimum absolute atomic E-state index is 0.188.